The summed E-state index contributed by atoms with van der Waals surface area (Å²) in [6.07, 6.45) is 1.10. The first kappa shape index (κ1) is 23.8. The van der Waals surface area contributed by atoms with E-state index in [9.17, 15) is 19.2 Å². The molecule has 4 atom stereocenters. The fourth-order valence-corrected chi connectivity index (χ4v) is 2.20. The fraction of sp³-hybridized carbons (Fsp3) is 0.765. The summed E-state index contributed by atoms with van der Waals surface area (Å²) in [5.41, 5.74) is 5.74. The van der Waals surface area contributed by atoms with Crippen LogP contribution in [0.3, 0.4) is 0 Å². The molecule has 26 heavy (non-hydrogen) atoms. The average Bonchev–Trinajstić information content (AvgIpc) is 2.55. The molecule has 150 valence electrons. The highest BCUT2D eigenvalue weighted by Crippen LogP contribution is 2.08. The number of aliphatic carboxylic acids is 1. The third kappa shape index (κ3) is 8.80. The molecule has 0 aromatic rings. The van der Waals surface area contributed by atoms with Gasteiger partial charge in [0, 0.05) is 0 Å². The lowest BCUT2D eigenvalue weighted by Crippen LogP contribution is -2.55. The number of nitrogens with one attached hydrogen (secondary N) is 3. The Bertz CT molecular complexity index is 509. The Labute approximate surface area is 154 Å². The van der Waals surface area contributed by atoms with Gasteiger partial charge in [-0.25, -0.2) is 0 Å². The lowest BCUT2D eigenvalue weighted by Gasteiger charge is -2.24. The Balaban J connectivity index is 4.72. The molecule has 0 aromatic heterocycles. The maximum atomic E-state index is 12.3. The van der Waals surface area contributed by atoms with Gasteiger partial charge in [-0.15, -0.1) is 0 Å². The van der Waals surface area contributed by atoms with Gasteiger partial charge in [0.05, 0.1) is 12.6 Å². The summed E-state index contributed by atoms with van der Waals surface area (Å²) < 4.78 is 0. The summed E-state index contributed by atoms with van der Waals surface area (Å²) in [5.74, 6) is -2.68. The zero-order valence-electron chi connectivity index (χ0n) is 16.2. The molecule has 0 radical (unpaired) electrons. The number of hydrogen-bond acceptors (Lipinski definition) is 5. The van der Waals surface area contributed by atoms with Crippen LogP contribution in [0.25, 0.3) is 0 Å². The molecule has 9 heteroatoms. The van der Waals surface area contributed by atoms with Crippen molar-refractivity contribution in [2.24, 2.45) is 17.6 Å². The topological polar surface area (TPSA) is 151 Å². The van der Waals surface area contributed by atoms with Crippen LogP contribution in [-0.4, -0.2) is 53.5 Å². The third-order valence-electron chi connectivity index (χ3n) is 4.03. The van der Waals surface area contributed by atoms with E-state index in [1.165, 1.54) is 6.92 Å². The Morgan fingerprint density at radius 2 is 1.58 bits per heavy atom. The van der Waals surface area contributed by atoms with Crippen molar-refractivity contribution in [1.82, 2.24) is 16.0 Å². The summed E-state index contributed by atoms with van der Waals surface area (Å²) in [6.45, 7) is 8.53. The number of carboxylic acid groups (broad SMARTS) is 1. The number of carbonyl (C=O) groups excluding carboxylic acids is 3. The van der Waals surface area contributed by atoms with Gasteiger partial charge in [0.1, 0.15) is 12.1 Å². The summed E-state index contributed by atoms with van der Waals surface area (Å²) >= 11 is 0. The van der Waals surface area contributed by atoms with Gasteiger partial charge in [0.25, 0.3) is 0 Å². The quantitative estimate of drug-likeness (QED) is 0.333. The van der Waals surface area contributed by atoms with Crippen molar-refractivity contribution in [2.75, 3.05) is 6.54 Å². The SMILES string of the molecule is CCC(C)C(NC(=O)CNC(=O)C(N)CC(C)C)C(=O)NC(C)C(=O)O. The molecule has 9 nitrogen and oxygen atoms in total. The minimum Gasteiger partial charge on any atom is -0.480 e. The molecule has 0 aliphatic rings. The minimum atomic E-state index is -1.17. The van der Waals surface area contributed by atoms with Crippen LogP contribution in [0.1, 0.15) is 47.5 Å². The first-order valence-electron chi connectivity index (χ1n) is 8.85. The minimum absolute atomic E-state index is 0.209. The molecular weight excluding hydrogens is 340 g/mol. The number of rotatable bonds is 11. The van der Waals surface area contributed by atoms with E-state index >= 15 is 0 Å². The van der Waals surface area contributed by atoms with Crippen LogP contribution >= 0.6 is 0 Å². The molecule has 0 aliphatic heterocycles. The zero-order chi connectivity index (χ0) is 20.4. The molecule has 0 heterocycles. The van der Waals surface area contributed by atoms with Crippen LogP contribution in [0.5, 0.6) is 0 Å². The number of carbonyl (C=O) groups is 4. The zero-order valence-corrected chi connectivity index (χ0v) is 16.2. The van der Waals surface area contributed by atoms with Crippen LogP contribution in [0.15, 0.2) is 0 Å². The van der Waals surface area contributed by atoms with E-state index in [1.807, 2.05) is 20.8 Å². The molecule has 0 saturated heterocycles. The van der Waals surface area contributed by atoms with E-state index in [-0.39, 0.29) is 18.4 Å². The lowest BCUT2D eigenvalue weighted by molar-refractivity contribution is -0.142. The van der Waals surface area contributed by atoms with Crippen molar-refractivity contribution < 1.29 is 24.3 Å². The molecule has 0 aliphatic carbocycles. The van der Waals surface area contributed by atoms with E-state index in [2.05, 4.69) is 16.0 Å². The summed E-state index contributed by atoms with van der Waals surface area (Å²) in [4.78, 5) is 47.1. The number of nitrogens with two attached hydrogens (primary N) is 1. The Morgan fingerprint density at radius 3 is 2.04 bits per heavy atom. The normalized spacial score (nSPS) is 15.5. The average molecular weight is 372 g/mol. The van der Waals surface area contributed by atoms with E-state index in [0.717, 1.165) is 0 Å². The first-order valence-corrected chi connectivity index (χ1v) is 8.85. The molecule has 0 saturated carbocycles. The third-order valence-corrected chi connectivity index (χ3v) is 4.03. The Hall–Kier alpha value is -2.16. The second kappa shape index (κ2) is 11.5. The summed E-state index contributed by atoms with van der Waals surface area (Å²) in [6, 6.07) is -2.66. The maximum absolute atomic E-state index is 12.3. The smallest absolute Gasteiger partial charge is 0.325 e. The van der Waals surface area contributed by atoms with E-state index in [4.69, 9.17) is 10.8 Å². The molecular formula is C17H32N4O5. The molecule has 0 fully saturated rings. The first-order chi connectivity index (χ1) is 12.0. The molecule has 0 aromatic carbocycles. The maximum Gasteiger partial charge on any atom is 0.325 e. The van der Waals surface area contributed by atoms with Gasteiger partial charge in [-0.05, 0) is 25.2 Å². The largest absolute Gasteiger partial charge is 0.480 e. The number of amides is 3. The van der Waals surface area contributed by atoms with Gasteiger partial charge in [0.15, 0.2) is 0 Å². The van der Waals surface area contributed by atoms with E-state index in [1.54, 1.807) is 6.92 Å². The van der Waals surface area contributed by atoms with Crippen molar-refractivity contribution in [3.8, 4) is 0 Å². The Kier molecular flexibility index (Phi) is 10.5. The molecule has 0 bridgehead atoms. The highest BCUT2D eigenvalue weighted by molar-refractivity contribution is 5.92. The molecule has 3 amide bonds. The fourth-order valence-electron chi connectivity index (χ4n) is 2.20. The standard InChI is InChI=1S/C17H32N4O5/c1-6-10(4)14(16(24)20-11(5)17(25)26)21-13(22)8-19-15(23)12(18)7-9(2)3/h9-12,14H,6-8,18H2,1-5H3,(H,19,23)(H,20,24)(H,21,22)(H,25,26). The van der Waals surface area contributed by atoms with Crippen molar-refractivity contribution in [2.45, 2.75) is 65.6 Å². The van der Waals surface area contributed by atoms with Gasteiger partial charge >= 0.3 is 5.97 Å². The highest BCUT2D eigenvalue weighted by atomic mass is 16.4. The van der Waals surface area contributed by atoms with Crippen LogP contribution < -0.4 is 21.7 Å². The molecule has 6 N–H and O–H groups in total. The van der Waals surface area contributed by atoms with Crippen LogP contribution in [0.2, 0.25) is 0 Å². The summed E-state index contributed by atoms with van der Waals surface area (Å²) in [5, 5.41) is 16.2. The summed E-state index contributed by atoms with van der Waals surface area (Å²) in [7, 11) is 0. The van der Waals surface area contributed by atoms with Gasteiger partial charge < -0.3 is 26.8 Å². The number of hydrogen-bond donors (Lipinski definition) is 5. The second-order valence-electron chi connectivity index (χ2n) is 6.95. The number of carboxylic acids is 1. The second-order valence-corrected chi connectivity index (χ2v) is 6.95. The van der Waals surface area contributed by atoms with E-state index < -0.39 is 41.8 Å². The van der Waals surface area contributed by atoms with Crippen LogP contribution in [0.4, 0.5) is 0 Å². The predicted molar refractivity (Wildman–Crippen MR) is 97.1 cm³/mol. The van der Waals surface area contributed by atoms with Crippen molar-refractivity contribution in [3.63, 3.8) is 0 Å². The Morgan fingerprint density at radius 1 is 1.00 bits per heavy atom. The van der Waals surface area contributed by atoms with Gasteiger partial charge in [0.2, 0.25) is 17.7 Å². The highest BCUT2D eigenvalue weighted by Gasteiger charge is 2.28. The molecule has 0 rings (SSSR count). The van der Waals surface area contributed by atoms with Gasteiger partial charge in [-0.3, -0.25) is 19.2 Å². The van der Waals surface area contributed by atoms with E-state index in [0.29, 0.717) is 12.8 Å². The van der Waals surface area contributed by atoms with Crippen molar-refractivity contribution >= 4 is 23.7 Å². The van der Waals surface area contributed by atoms with Crippen molar-refractivity contribution in [3.05, 3.63) is 0 Å². The van der Waals surface area contributed by atoms with Gasteiger partial charge in [-0.1, -0.05) is 34.1 Å². The molecule has 0 spiro atoms. The van der Waals surface area contributed by atoms with Crippen molar-refractivity contribution in [1.29, 1.82) is 0 Å². The predicted octanol–water partition coefficient (Wildman–Crippen LogP) is -0.404. The van der Waals surface area contributed by atoms with Crippen LogP contribution in [0, 0.1) is 11.8 Å². The van der Waals surface area contributed by atoms with Crippen LogP contribution in [-0.2, 0) is 19.2 Å². The van der Waals surface area contributed by atoms with Gasteiger partial charge in [-0.2, -0.15) is 0 Å². The molecule has 4 unspecified atom stereocenters. The monoisotopic (exact) mass is 372 g/mol. The lowest BCUT2D eigenvalue weighted by atomic mass is 9.98.